The number of aromatic amines is 1. The van der Waals surface area contributed by atoms with Gasteiger partial charge in [-0.2, -0.15) is 9.97 Å². The summed E-state index contributed by atoms with van der Waals surface area (Å²) in [6, 6.07) is 8.08. The molecule has 0 aliphatic carbocycles. The number of imidazole rings is 1. The van der Waals surface area contributed by atoms with Crippen molar-refractivity contribution in [1.82, 2.24) is 19.9 Å². The third-order valence-corrected chi connectivity index (χ3v) is 3.28. The quantitative estimate of drug-likeness (QED) is 0.696. The number of benzene rings is 1. The fraction of sp³-hybridized carbons (Fsp3) is 0.0833. The number of fused-ring (bicyclic) bond motifs is 1. The zero-order chi connectivity index (χ0) is 13.2. The van der Waals surface area contributed by atoms with E-state index in [0.717, 1.165) is 5.56 Å². The van der Waals surface area contributed by atoms with Crippen molar-refractivity contribution in [3.63, 3.8) is 0 Å². The van der Waals surface area contributed by atoms with E-state index in [1.54, 1.807) is 0 Å². The van der Waals surface area contributed by atoms with E-state index in [0.29, 0.717) is 23.7 Å². The number of nitrogen functional groups attached to an aromatic ring is 1. The van der Waals surface area contributed by atoms with Gasteiger partial charge in [-0.05, 0) is 40.3 Å². The van der Waals surface area contributed by atoms with E-state index in [4.69, 9.17) is 10.5 Å². The molecule has 3 rings (SSSR count). The van der Waals surface area contributed by atoms with Crippen LogP contribution in [-0.4, -0.2) is 19.9 Å². The zero-order valence-electron chi connectivity index (χ0n) is 9.80. The molecule has 2 heterocycles. The lowest BCUT2D eigenvalue weighted by molar-refractivity contribution is 0.297. The number of ether oxygens (including phenoxy) is 1. The highest BCUT2D eigenvalue weighted by molar-refractivity contribution is 14.1. The average molecular weight is 363 g/mol. The van der Waals surface area contributed by atoms with E-state index in [1.165, 1.54) is 9.90 Å². The molecule has 96 valence electrons. The summed E-state index contributed by atoms with van der Waals surface area (Å²) in [6.45, 7) is 0.418. The van der Waals surface area contributed by atoms with Gasteiger partial charge in [0.25, 0.3) is 0 Å². The van der Waals surface area contributed by atoms with Crippen molar-refractivity contribution in [2.45, 2.75) is 6.61 Å². The van der Waals surface area contributed by atoms with Crippen LogP contribution in [0.15, 0.2) is 30.6 Å². The molecule has 0 unspecified atom stereocenters. The summed E-state index contributed by atoms with van der Waals surface area (Å²) in [7, 11) is 0. The second kappa shape index (κ2) is 5.00. The number of nitrogens with two attached hydrogens (primary N) is 1. The summed E-state index contributed by atoms with van der Waals surface area (Å²) in [5.74, 6) is 0.566. The highest BCUT2D eigenvalue weighted by Gasteiger charge is 2.09. The molecule has 0 spiro atoms. The van der Waals surface area contributed by atoms with Crippen LogP contribution in [-0.2, 0) is 6.61 Å². The zero-order valence-corrected chi connectivity index (χ0v) is 12.0. The third kappa shape index (κ3) is 2.60. The summed E-state index contributed by atoms with van der Waals surface area (Å²) < 4.78 is 6.86. The molecule has 19 heavy (non-hydrogen) atoms. The van der Waals surface area contributed by atoms with E-state index >= 15 is 0 Å². The van der Waals surface area contributed by atoms with Gasteiger partial charge in [0.1, 0.15) is 12.1 Å². The normalized spacial score (nSPS) is 10.8. The molecule has 2 aromatic heterocycles. The van der Waals surface area contributed by atoms with Crippen LogP contribution in [0.25, 0.3) is 11.2 Å². The molecule has 0 atom stereocenters. The van der Waals surface area contributed by atoms with Crippen LogP contribution in [0.4, 0.5) is 5.95 Å². The van der Waals surface area contributed by atoms with Crippen LogP contribution in [0.2, 0.25) is 0 Å². The second-order valence-electron chi connectivity index (χ2n) is 3.90. The lowest BCUT2D eigenvalue weighted by atomic mass is 10.2. The lowest BCUT2D eigenvalue weighted by Crippen LogP contribution is -2.02. The maximum atomic E-state index is 5.68. The van der Waals surface area contributed by atoms with Crippen molar-refractivity contribution in [1.29, 1.82) is 0 Å². The lowest BCUT2D eigenvalue weighted by Gasteiger charge is -2.06. The number of rotatable bonds is 3. The molecular weight excluding hydrogens is 353 g/mol. The second-order valence-corrected chi connectivity index (χ2v) is 5.15. The molecule has 0 bridgehead atoms. The van der Waals surface area contributed by atoms with Gasteiger partial charge >= 0.3 is 0 Å². The molecule has 0 saturated carbocycles. The van der Waals surface area contributed by atoms with Crippen LogP contribution in [0, 0.1) is 3.57 Å². The first-order valence-electron chi connectivity index (χ1n) is 5.56. The molecule has 0 fully saturated rings. The molecule has 1 aromatic carbocycles. The first kappa shape index (κ1) is 12.2. The average Bonchev–Trinajstić information content (AvgIpc) is 2.85. The van der Waals surface area contributed by atoms with Crippen molar-refractivity contribution in [2.75, 3.05) is 5.73 Å². The van der Waals surface area contributed by atoms with Gasteiger partial charge in [0, 0.05) is 3.57 Å². The summed E-state index contributed by atoms with van der Waals surface area (Å²) in [6.07, 6.45) is 1.54. The van der Waals surface area contributed by atoms with Crippen LogP contribution in [0.3, 0.4) is 0 Å². The molecule has 3 aromatic rings. The standard InChI is InChI=1S/C12H10IN5O/c13-8-3-1-7(2-4-8)5-19-11-9-10(16-6-15-9)17-12(14)18-11/h1-4,6H,5H2,(H3,14,15,16,17,18)/i13-4. The molecule has 6 nitrogen and oxygen atoms in total. The smallest absolute Gasteiger partial charge is 0.245 e. The number of halogens is 1. The van der Waals surface area contributed by atoms with Gasteiger partial charge in [0.2, 0.25) is 11.8 Å². The molecule has 0 amide bonds. The molecular formula is C12H10IN5O. The van der Waals surface area contributed by atoms with E-state index in [2.05, 4.69) is 42.5 Å². The van der Waals surface area contributed by atoms with E-state index in [9.17, 15) is 0 Å². The Morgan fingerprint density at radius 3 is 2.79 bits per heavy atom. The predicted molar refractivity (Wildman–Crippen MR) is 79.6 cm³/mol. The van der Waals surface area contributed by atoms with Gasteiger partial charge in [0.05, 0.1) is 6.33 Å². The van der Waals surface area contributed by atoms with Crippen molar-refractivity contribution in [2.24, 2.45) is 0 Å². The van der Waals surface area contributed by atoms with E-state index < -0.39 is 0 Å². The minimum Gasteiger partial charge on any atom is -0.471 e. The van der Waals surface area contributed by atoms with Gasteiger partial charge in [0.15, 0.2) is 5.65 Å². The first-order chi connectivity index (χ1) is 9.22. The highest BCUT2D eigenvalue weighted by Crippen LogP contribution is 2.20. The number of anilines is 1. The number of H-pyrrole nitrogens is 1. The van der Waals surface area contributed by atoms with Gasteiger partial charge in [-0.3, -0.25) is 0 Å². The fourth-order valence-electron chi connectivity index (χ4n) is 1.66. The Bertz CT molecular complexity index is 710. The van der Waals surface area contributed by atoms with Crippen molar-refractivity contribution in [3.8, 4) is 5.88 Å². The van der Waals surface area contributed by atoms with Crippen molar-refractivity contribution < 1.29 is 4.74 Å². The van der Waals surface area contributed by atoms with Crippen molar-refractivity contribution >= 4 is 39.7 Å². The van der Waals surface area contributed by atoms with Gasteiger partial charge in [-0.15, -0.1) is 0 Å². The molecule has 0 aliphatic heterocycles. The largest absolute Gasteiger partial charge is 0.471 e. The minimum absolute atomic E-state index is 0.150. The summed E-state index contributed by atoms with van der Waals surface area (Å²) >= 11 is 2.26. The maximum absolute atomic E-state index is 5.68. The van der Waals surface area contributed by atoms with Crippen LogP contribution in [0.5, 0.6) is 5.88 Å². The number of nitrogens with one attached hydrogen (secondary N) is 1. The number of hydrogen-bond donors (Lipinski definition) is 2. The monoisotopic (exact) mass is 363 g/mol. The Balaban J connectivity index is 1.85. The van der Waals surface area contributed by atoms with Gasteiger partial charge < -0.3 is 15.5 Å². The predicted octanol–water partition coefficient (Wildman–Crippen LogP) is 2.12. The van der Waals surface area contributed by atoms with Crippen LogP contribution in [0.1, 0.15) is 5.56 Å². The minimum atomic E-state index is 0.150. The van der Waals surface area contributed by atoms with Gasteiger partial charge in [-0.25, -0.2) is 4.98 Å². The molecule has 0 aliphatic rings. The molecule has 3 N–H and O–H groups in total. The Morgan fingerprint density at radius 1 is 1.21 bits per heavy atom. The topological polar surface area (TPSA) is 89.7 Å². The molecule has 0 radical (unpaired) electrons. The van der Waals surface area contributed by atoms with Gasteiger partial charge in [-0.1, -0.05) is 12.1 Å². The van der Waals surface area contributed by atoms with Crippen molar-refractivity contribution in [3.05, 3.63) is 39.7 Å². The Labute approximate surface area is 122 Å². The number of nitrogens with zero attached hydrogens (tertiary/aromatic N) is 3. The third-order valence-electron chi connectivity index (χ3n) is 2.56. The SMILES string of the molecule is Nc1nc(OCc2ccc([123I])cc2)c2[nH]cnc2n1. The Morgan fingerprint density at radius 2 is 2.00 bits per heavy atom. The van der Waals surface area contributed by atoms with Crippen LogP contribution >= 0.6 is 22.6 Å². The number of hydrogen-bond acceptors (Lipinski definition) is 5. The molecule has 7 heteroatoms. The molecule has 0 saturated heterocycles. The highest BCUT2D eigenvalue weighted by atomic mass is 123. The van der Waals surface area contributed by atoms with E-state index in [1.807, 2.05) is 24.3 Å². The first-order valence-corrected chi connectivity index (χ1v) is 6.64. The fourth-order valence-corrected chi connectivity index (χ4v) is 2.02. The van der Waals surface area contributed by atoms with Crippen LogP contribution < -0.4 is 10.5 Å². The summed E-state index contributed by atoms with van der Waals surface area (Å²) in [5.41, 5.74) is 7.83. The Kier molecular flexibility index (Phi) is 3.20. The maximum Gasteiger partial charge on any atom is 0.245 e. The Hall–Kier alpha value is -1.90. The number of aromatic nitrogens is 4. The summed E-state index contributed by atoms with van der Waals surface area (Å²) in [4.78, 5) is 15.1. The summed E-state index contributed by atoms with van der Waals surface area (Å²) in [5, 5.41) is 0. The van der Waals surface area contributed by atoms with E-state index in [-0.39, 0.29) is 5.95 Å².